The minimum atomic E-state index is -0.781. The third kappa shape index (κ3) is 4.23. The molecular weight excluding hydrogens is 318 g/mol. The fourth-order valence-electron chi connectivity index (χ4n) is 2.07. The van der Waals surface area contributed by atoms with Crippen LogP contribution in [0.25, 0.3) is 0 Å². The number of likely N-dealkylation sites (N-methyl/N-ethyl adjacent to an activating group) is 1. The van der Waals surface area contributed by atoms with Crippen LogP contribution in [0.3, 0.4) is 0 Å². The molecule has 0 bridgehead atoms. The van der Waals surface area contributed by atoms with Crippen molar-refractivity contribution in [3.8, 4) is 5.75 Å². The Bertz CT molecular complexity index is 703. The molecule has 0 saturated heterocycles. The van der Waals surface area contributed by atoms with Gasteiger partial charge in [0.1, 0.15) is 11.3 Å². The Hall–Kier alpha value is -2.53. The number of para-hydroxylation sites is 1. The summed E-state index contributed by atoms with van der Waals surface area (Å²) in [5.74, 6) is -1.41. The van der Waals surface area contributed by atoms with Crippen LogP contribution in [0.5, 0.6) is 5.75 Å². The molecule has 1 N–H and O–H groups in total. The number of carbonyl (C=O) groups is 2. The lowest BCUT2D eigenvalue weighted by Crippen LogP contribution is -2.34. The van der Waals surface area contributed by atoms with Gasteiger partial charge in [0, 0.05) is 17.3 Å². The summed E-state index contributed by atoms with van der Waals surface area (Å²) in [6, 6.07) is 13.1. The standard InChI is InChI=1S/C17H16ClNO4/c1-2-19(13-6-4-3-5-7-13)16(21)11-23-17(22)14-9-8-12(18)10-15(14)20/h3-10,20H,2,11H2,1H3. The van der Waals surface area contributed by atoms with Crippen LogP contribution in [-0.2, 0) is 9.53 Å². The number of phenols is 1. The van der Waals surface area contributed by atoms with Crippen LogP contribution in [-0.4, -0.2) is 30.1 Å². The molecule has 120 valence electrons. The number of nitrogens with zero attached hydrogens (tertiary/aromatic N) is 1. The van der Waals surface area contributed by atoms with Gasteiger partial charge in [-0.2, -0.15) is 0 Å². The van der Waals surface area contributed by atoms with Gasteiger partial charge in [0.05, 0.1) is 0 Å². The van der Waals surface area contributed by atoms with Crippen LogP contribution < -0.4 is 4.90 Å². The van der Waals surface area contributed by atoms with Crippen molar-refractivity contribution in [2.45, 2.75) is 6.92 Å². The monoisotopic (exact) mass is 333 g/mol. The highest BCUT2D eigenvalue weighted by Crippen LogP contribution is 2.22. The predicted molar refractivity (Wildman–Crippen MR) is 87.9 cm³/mol. The highest BCUT2D eigenvalue weighted by atomic mass is 35.5. The normalized spacial score (nSPS) is 10.2. The first-order chi connectivity index (χ1) is 11.0. The van der Waals surface area contributed by atoms with E-state index in [1.807, 2.05) is 25.1 Å². The molecule has 0 spiro atoms. The van der Waals surface area contributed by atoms with Gasteiger partial charge in [0.2, 0.25) is 0 Å². The van der Waals surface area contributed by atoms with Gasteiger partial charge in [0.15, 0.2) is 6.61 Å². The second kappa shape index (κ2) is 7.65. The Morgan fingerprint density at radius 1 is 1.17 bits per heavy atom. The quantitative estimate of drug-likeness (QED) is 0.853. The van der Waals surface area contributed by atoms with Gasteiger partial charge < -0.3 is 14.7 Å². The molecular formula is C17H16ClNO4. The van der Waals surface area contributed by atoms with Crippen LogP contribution in [0.15, 0.2) is 48.5 Å². The SMILES string of the molecule is CCN(C(=O)COC(=O)c1ccc(Cl)cc1O)c1ccccc1. The number of ether oxygens (including phenoxy) is 1. The smallest absolute Gasteiger partial charge is 0.342 e. The first-order valence-electron chi connectivity index (χ1n) is 7.04. The van der Waals surface area contributed by atoms with E-state index in [9.17, 15) is 14.7 Å². The van der Waals surface area contributed by atoms with Crippen LogP contribution in [0, 0.1) is 0 Å². The number of hydrogen-bond acceptors (Lipinski definition) is 4. The third-order valence-electron chi connectivity index (χ3n) is 3.19. The van der Waals surface area contributed by atoms with Crippen molar-refractivity contribution < 1.29 is 19.4 Å². The Labute approximate surface area is 139 Å². The van der Waals surface area contributed by atoms with E-state index in [0.29, 0.717) is 11.6 Å². The predicted octanol–water partition coefficient (Wildman–Crippen LogP) is 3.26. The molecule has 0 heterocycles. The maximum Gasteiger partial charge on any atom is 0.342 e. The summed E-state index contributed by atoms with van der Waals surface area (Å²) in [6.45, 7) is 1.87. The minimum absolute atomic E-state index is 0.0371. The molecule has 0 radical (unpaired) electrons. The van der Waals surface area contributed by atoms with Crippen LogP contribution in [0.1, 0.15) is 17.3 Å². The highest BCUT2D eigenvalue weighted by molar-refractivity contribution is 6.30. The maximum atomic E-state index is 12.2. The molecule has 0 atom stereocenters. The Morgan fingerprint density at radius 2 is 1.87 bits per heavy atom. The number of amides is 1. The molecule has 2 aromatic rings. The lowest BCUT2D eigenvalue weighted by Gasteiger charge is -2.20. The molecule has 2 aromatic carbocycles. The Balaban J connectivity index is 2.01. The summed E-state index contributed by atoms with van der Waals surface area (Å²) in [5.41, 5.74) is 0.690. The first kappa shape index (κ1) is 16.8. The van der Waals surface area contributed by atoms with Crippen molar-refractivity contribution in [1.82, 2.24) is 0 Å². The number of aromatic hydroxyl groups is 1. The van der Waals surface area contributed by atoms with Crippen molar-refractivity contribution in [1.29, 1.82) is 0 Å². The van der Waals surface area contributed by atoms with Gasteiger partial charge in [0.25, 0.3) is 5.91 Å². The van der Waals surface area contributed by atoms with E-state index in [2.05, 4.69) is 0 Å². The van der Waals surface area contributed by atoms with E-state index in [-0.39, 0.29) is 17.2 Å². The summed E-state index contributed by atoms with van der Waals surface area (Å²) in [6.07, 6.45) is 0. The second-order valence-electron chi connectivity index (χ2n) is 4.71. The van der Waals surface area contributed by atoms with E-state index < -0.39 is 12.6 Å². The van der Waals surface area contributed by atoms with E-state index in [1.165, 1.54) is 23.1 Å². The van der Waals surface area contributed by atoms with Crippen LogP contribution >= 0.6 is 11.6 Å². The van der Waals surface area contributed by atoms with Gasteiger partial charge in [-0.1, -0.05) is 29.8 Å². The molecule has 5 nitrogen and oxygen atoms in total. The van der Waals surface area contributed by atoms with Gasteiger partial charge in [-0.05, 0) is 37.3 Å². The number of benzene rings is 2. The summed E-state index contributed by atoms with van der Waals surface area (Å²) in [7, 11) is 0. The number of halogens is 1. The lowest BCUT2D eigenvalue weighted by atomic mass is 10.2. The second-order valence-corrected chi connectivity index (χ2v) is 5.15. The fraction of sp³-hybridized carbons (Fsp3) is 0.176. The van der Waals surface area contributed by atoms with Crippen LogP contribution in [0.4, 0.5) is 5.69 Å². The van der Waals surface area contributed by atoms with E-state index in [1.54, 1.807) is 12.1 Å². The largest absolute Gasteiger partial charge is 0.507 e. The average molecular weight is 334 g/mol. The number of hydrogen-bond donors (Lipinski definition) is 1. The lowest BCUT2D eigenvalue weighted by molar-refractivity contribution is -0.121. The molecule has 0 unspecified atom stereocenters. The number of esters is 1. The molecule has 6 heteroatoms. The van der Waals surface area contributed by atoms with Gasteiger partial charge in [-0.3, -0.25) is 4.79 Å². The van der Waals surface area contributed by atoms with Crippen molar-refractivity contribution >= 4 is 29.2 Å². The molecule has 0 saturated carbocycles. The molecule has 1 amide bonds. The summed E-state index contributed by atoms with van der Waals surface area (Å²) in [5, 5.41) is 9.98. The number of rotatable bonds is 5. The van der Waals surface area contributed by atoms with E-state index in [4.69, 9.17) is 16.3 Å². The topological polar surface area (TPSA) is 66.8 Å². The van der Waals surface area contributed by atoms with Crippen LogP contribution in [0.2, 0.25) is 5.02 Å². The Kier molecular flexibility index (Phi) is 5.60. The number of phenolic OH excluding ortho intramolecular Hbond substituents is 1. The molecule has 0 aliphatic rings. The zero-order valence-corrected chi connectivity index (χ0v) is 13.3. The molecule has 0 aliphatic carbocycles. The fourth-order valence-corrected chi connectivity index (χ4v) is 2.24. The summed E-state index contributed by atoms with van der Waals surface area (Å²) < 4.78 is 4.98. The summed E-state index contributed by atoms with van der Waals surface area (Å²) in [4.78, 5) is 25.7. The van der Waals surface area contributed by atoms with Gasteiger partial charge in [-0.15, -0.1) is 0 Å². The van der Waals surface area contributed by atoms with Crippen molar-refractivity contribution in [3.63, 3.8) is 0 Å². The first-order valence-corrected chi connectivity index (χ1v) is 7.41. The third-order valence-corrected chi connectivity index (χ3v) is 3.43. The van der Waals surface area contributed by atoms with Gasteiger partial charge in [-0.25, -0.2) is 4.79 Å². The minimum Gasteiger partial charge on any atom is -0.507 e. The average Bonchev–Trinajstić information content (AvgIpc) is 2.54. The van der Waals surface area contributed by atoms with E-state index >= 15 is 0 Å². The van der Waals surface area contributed by atoms with Crippen molar-refractivity contribution in [3.05, 3.63) is 59.1 Å². The number of anilines is 1. The van der Waals surface area contributed by atoms with Crippen molar-refractivity contribution in [2.24, 2.45) is 0 Å². The zero-order valence-electron chi connectivity index (χ0n) is 12.5. The molecule has 0 aromatic heterocycles. The molecule has 0 aliphatic heterocycles. The molecule has 0 fully saturated rings. The molecule has 2 rings (SSSR count). The molecule has 23 heavy (non-hydrogen) atoms. The summed E-state index contributed by atoms with van der Waals surface area (Å²) >= 11 is 5.70. The maximum absolute atomic E-state index is 12.2. The van der Waals surface area contributed by atoms with Gasteiger partial charge >= 0.3 is 5.97 Å². The zero-order chi connectivity index (χ0) is 16.8. The number of carbonyl (C=O) groups excluding carboxylic acids is 2. The highest BCUT2D eigenvalue weighted by Gasteiger charge is 2.18. The Morgan fingerprint density at radius 3 is 2.48 bits per heavy atom. The van der Waals surface area contributed by atoms with E-state index in [0.717, 1.165) is 5.69 Å². The van der Waals surface area contributed by atoms with Crippen molar-refractivity contribution in [2.75, 3.05) is 18.1 Å².